The smallest absolute Gasteiger partial charge is 0.191 e. The number of ether oxygens (including phenoxy) is 2. The summed E-state index contributed by atoms with van der Waals surface area (Å²) in [5.41, 5.74) is 1.05. The van der Waals surface area contributed by atoms with Crippen LogP contribution in [0.2, 0.25) is 5.02 Å². The fraction of sp³-hybridized carbons (Fsp3) is 0.455. The zero-order chi connectivity index (χ0) is 21.6. The van der Waals surface area contributed by atoms with Crippen LogP contribution in [0.3, 0.4) is 0 Å². The van der Waals surface area contributed by atoms with Crippen LogP contribution in [0.15, 0.2) is 35.5 Å². The van der Waals surface area contributed by atoms with Gasteiger partial charge in [-0.1, -0.05) is 11.6 Å². The predicted octanol–water partition coefficient (Wildman–Crippen LogP) is 3.02. The van der Waals surface area contributed by atoms with Crippen molar-refractivity contribution in [3.8, 4) is 11.5 Å². The highest BCUT2D eigenvalue weighted by molar-refractivity contribution is 6.32. The fourth-order valence-corrected chi connectivity index (χ4v) is 4.09. The largest absolute Gasteiger partial charge is 0.486 e. The van der Waals surface area contributed by atoms with Crippen molar-refractivity contribution in [2.24, 2.45) is 4.99 Å². The van der Waals surface area contributed by atoms with E-state index >= 15 is 0 Å². The molecule has 2 aliphatic rings. The molecule has 1 saturated heterocycles. The minimum atomic E-state index is -0.290. The topological polar surface area (TPSA) is 71.0 Å². The summed E-state index contributed by atoms with van der Waals surface area (Å²) >= 11 is 6.33. The Kier molecular flexibility index (Phi) is 6.96. The number of hydrogen-bond donors (Lipinski definition) is 2. The second-order valence-corrected chi connectivity index (χ2v) is 7.90. The quantitative estimate of drug-likeness (QED) is 0.524. The number of nitrogens with zero attached hydrogens (tertiary/aromatic N) is 3. The number of benzene rings is 1. The molecule has 0 amide bonds. The van der Waals surface area contributed by atoms with Gasteiger partial charge in [-0.25, -0.2) is 9.37 Å². The number of aliphatic imine (C=N–C) groups is 1. The van der Waals surface area contributed by atoms with Crippen molar-refractivity contribution in [2.45, 2.75) is 25.8 Å². The summed E-state index contributed by atoms with van der Waals surface area (Å²) in [5.74, 6) is 2.17. The third-order valence-electron chi connectivity index (χ3n) is 5.24. The molecule has 0 aliphatic carbocycles. The molecule has 1 atom stereocenters. The molecule has 3 heterocycles. The molecule has 0 bridgehead atoms. The fourth-order valence-electron chi connectivity index (χ4n) is 3.80. The number of guanidine groups is 1. The molecule has 166 valence electrons. The summed E-state index contributed by atoms with van der Waals surface area (Å²) in [6, 6.07) is 7.09. The molecule has 0 saturated carbocycles. The van der Waals surface area contributed by atoms with Crippen molar-refractivity contribution in [2.75, 3.05) is 44.3 Å². The number of pyridine rings is 1. The van der Waals surface area contributed by atoms with Gasteiger partial charge in [0.15, 0.2) is 29.1 Å². The number of halogens is 2. The van der Waals surface area contributed by atoms with Gasteiger partial charge in [0, 0.05) is 38.4 Å². The Labute approximate surface area is 186 Å². The number of hydrogen-bond acceptors (Lipinski definition) is 5. The van der Waals surface area contributed by atoms with Crippen molar-refractivity contribution in [3.63, 3.8) is 0 Å². The summed E-state index contributed by atoms with van der Waals surface area (Å²) in [7, 11) is 0. The molecule has 2 N–H and O–H groups in total. The molecule has 1 unspecified atom stereocenters. The van der Waals surface area contributed by atoms with Crippen LogP contribution in [-0.4, -0.2) is 56.4 Å². The van der Waals surface area contributed by atoms with Gasteiger partial charge in [-0.2, -0.15) is 0 Å². The monoisotopic (exact) mass is 447 g/mol. The van der Waals surface area contributed by atoms with E-state index in [1.165, 1.54) is 6.07 Å². The average molecular weight is 448 g/mol. The lowest BCUT2D eigenvalue weighted by Gasteiger charge is -2.20. The maximum Gasteiger partial charge on any atom is 0.191 e. The molecule has 4 rings (SSSR count). The van der Waals surface area contributed by atoms with Crippen molar-refractivity contribution in [3.05, 3.63) is 46.9 Å². The van der Waals surface area contributed by atoms with Crippen LogP contribution in [0.5, 0.6) is 11.5 Å². The number of rotatable bonds is 6. The summed E-state index contributed by atoms with van der Waals surface area (Å²) < 4.78 is 25.2. The number of fused-ring (bicyclic) bond motifs is 1. The third-order valence-corrected chi connectivity index (χ3v) is 5.52. The Morgan fingerprint density at radius 2 is 2.23 bits per heavy atom. The van der Waals surface area contributed by atoms with Crippen molar-refractivity contribution in [1.82, 2.24) is 15.6 Å². The zero-order valence-electron chi connectivity index (χ0n) is 17.5. The molecule has 9 heteroatoms. The first-order valence-corrected chi connectivity index (χ1v) is 11.0. The lowest BCUT2D eigenvalue weighted by molar-refractivity contribution is 0.171. The van der Waals surface area contributed by atoms with E-state index in [9.17, 15) is 4.39 Å². The van der Waals surface area contributed by atoms with E-state index in [2.05, 4.69) is 15.6 Å². The first-order valence-electron chi connectivity index (χ1n) is 10.6. The highest BCUT2D eigenvalue weighted by Crippen LogP contribution is 2.38. The van der Waals surface area contributed by atoms with Crippen LogP contribution in [0.4, 0.5) is 10.2 Å². The summed E-state index contributed by atoms with van der Waals surface area (Å²) in [6.45, 7) is 5.85. The highest BCUT2D eigenvalue weighted by Gasteiger charge is 2.26. The van der Waals surface area contributed by atoms with Crippen molar-refractivity contribution in [1.29, 1.82) is 0 Å². The summed E-state index contributed by atoms with van der Waals surface area (Å²) in [5, 5.41) is 7.31. The van der Waals surface area contributed by atoms with Crippen LogP contribution in [0, 0.1) is 5.82 Å². The zero-order valence-corrected chi connectivity index (χ0v) is 18.3. The van der Waals surface area contributed by atoms with Gasteiger partial charge in [-0.05, 0) is 49.6 Å². The SMILES string of the molecule is CCNC(=NCCc1cc(Cl)c2c(c1)OCCO2)NC1CCN(c2ncccc2F)C1. The molecular formula is C22H27ClFN5O2. The Balaban J connectivity index is 1.35. The standard InChI is InChI=1S/C22H27ClFN5O2/c1-2-25-22(28-16-6-9-29(14-16)21-18(24)4-3-7-26-21)27-8-5-15-12-17(23)20-19(13-15)30-10-11-31-20/h3-4,7,12-13,16H,2,5-6,8-11,14H2,1H3,(H2,25,27,28). The van der Waals surface area contributed by atoms with Gasteiger partial charge < -0.3 is 25.0 Å². The van der Waals surface area contributed by atoms with E-state index in [0.717, 1.165) is 37.5 Å². The van der Waals surface area contributed by atoms with E-state index in [0.29, 0.717) is 48.6 Å². The summed E-state index contributed by atoms with van der Waals surface area (Å²) in [4.78, 5) is 10.8. The van der Waals surface area contributed by atoms with Crippen LogP contribution in [0.1, 0.15) is 18.9 Å². The van der Waals surface area contributed by atoms with Crippen molar-refractivity contribution >= 4 is 23.4 Å². The molecule has 2 aromatic rings. The third kappa shape index (κ3) is 5.31. The molecule has 7 nitrogen and oxygen atoms in total. The number of aromatic nitrogens is 1. The first-order chi connectivity index (χ1) is 15.1. The van der Waals surface area contributed by atoms with Crippen LogP contribution in [0.25, 0.3) is 0 Å². The maximum absolute atomic E-state index is 14.0. The predicted molar refractivity (Wildman–Crippen MR) is 120 cm³/mol. The minimum absolute atomic E-state index is 0.169. The first kappa shape index (κ1) is 21.5. The molecule has 1 aromatic carbocycles. The normalized spacial score (nSPS) is 18.2. The van der Waals surface area contributed by atoms with Crippen molar-refractivity contribution < 1.29 is 13.9 Å². The van der Waals surface area contributed by atoms with E-state index < -0.39 is 0 Å². The Morgan fingerprint density at radius 3 is 3.06 bits per heavy atom. The Bertz CT molecular complexity index is 942. The second-order valence-electron chi connectivity index (χ2n) is 7.50. The minimum Gasteiger partial charge on any atom is -0.486 e. The van der Waals surface area contributed by atoms with E-state index in [1.807, 2.05) is 24.0 Å². The highest BCUT2D eigenvalue weighted by atomic mass is 35.5. The van der Waals surface area contributed by atoms with Gasteiger partial charge in [0.2, 0.25) is 0 Å². The lowest BCUT2D eigenvalue weighted by Crippen LogP contribution is -2.44. The average Bonchev–Trinajstić information content (AvgIpc) is 3.22. The van der Waals surface area contributed by atoms with Crippen LogP contribution >= 0.6 is 11.6 Å². The van der Waals surface area contributed by atoms with Gasteiger partial charge in [-0.15, -0.1) is 0 Å². The van der Waals surface area contributed by atoms with Gasteiger partial charge in [0.25, 0.3) is 0 Å². The van der Waals surface area contributed by atoms with E-state index in [4.69, 9.17) is 26.1 Å². The molecule has 2 aliphatic heterocycles. The van der Waals surface area contributed by atoms with Gasteiger partial charge in [0.1, 0.15) is 13.2 Å². The molecule has 31 heavy (non-hydrogen) atoms. The van der Waals surface area contributed by atoms with E-state index in [-0.39, 0.29) is 11.9 Å². The second kappa shape index (κ2) is 10.0. The molecule has 0 spiro atoms. The Morgan fingerprint density at radius 1 is 1.35 bits per heavy atom. The molecular weight excluding hydrogens is 421 g/mol. The maximum atomic E-state index is 14.0. The van der Waals surface area contributed by atoms with Crippen LogP contribution in [-0.2, 0) is 6.42 Å². The van der Waals surface area contributed by atoms with E-state index in [1.54, 1.807) is 12.3 Å². The van der Waals surface area contributed by atoms with Crippen LogP contribution < -0.4 is 25.0 Å². The number of anilines is 1. The Hall–Kier alpha value is -2.74. The number of nitrogens with one attached hydrogen (secondary N) is 2. The molecule has 1 aromatic heterocycles. The van der Waals surface area contributed by atoms with Gasteiger partial charge in [-0.3, -0.25) is 4.99 Å². The lowest BCUT2D eigenvalue weighted by atomic mass is 10.1. The van der Waals surface area contributed by atoms with Gasteiger partial charge in [0.05, 0.1) is 5.02 Å². The molecule has 0 radical (unpaired) electrons. The summed E-state index contributed by atoms with van der Waals surface area (Å²) in [6.07, 6.45) is 3.23. The van der Waals surface area contributed by atoms with Gasteiger partial charge >= 0.3 is 0 Å². The molecule has 1 fully saturated rings.